The lowest BCUT2D eigenvalue weighted by molar-refractivity contribution is 0.157. The van der Waals surface area contributed by atoms with E-state index in [1.165, 1.54) is 18.4 Å². The smallest absolute Gasteiger partial charge is 0.214 e. The van der Waals surface area contributed by atoms with Crippen LogP contribution in [0.1, 0.15) is 0 Å². The minimum absolute atomic E-state index is 0.0748. The van der Waals surface area contributed by atoms with Crippen LogP contribution in [0, 0.1) is 5.92 Å². The molecule has 0 unspecified atom stereocenters. The fraction of sp³-hybridized carbons (Fsp3) is 0.471. The molecular weight excluding hydrogens is 342 g/mol. The number of ether oxygens (including phenoxy) is 1. The van der Waals surface area contributed by atoms with Crippen molar-refractivity contribution in [3.63, 3.8) is 0 Å². The van der Waals surface area contributed by atoms with Gasteiger partial charge < -0.3 is 14.7 Å². The molecule has 1 aliphatic rings. The predicted octanol–water partition coefficient (Wildman–Crippen LogP) is 0.932. The number of hydrogen-bond acceptors (Lipinski definition) is 6. The summed E-state index contributed by atoms with van der Waals surface area (Å²) in [6.45, 7) is 0.809. The van der Waals surface area contributed by atoms with Gasteiger partial charge in [0.2, 0.25) is 10.0 Å². The molecule has 1 fully saturated rings. The molecule has 0 aliphatic carbocycles. The van der Waals surface area contributed by atoms with Crippen LogP contribution >= 0.6 is 0 Å². The third-order valence-corrected chi connectivity index (χ3v) is 6.56. The molecule has 0 radical (unpaired) electrons. The molecule has 2 aromatic rings. The molecule has 1 saturated heterocycles. The molecular formula is C17H23N3O4S. The Labute approximate surface area is 147 Å². The quantitative estimate of drug-likeness (QED) is 0.849. The maximum absolute atomic E-state index is 12.1. The zero-order valence-electron chi connectivity index (χ0n) is 14.6. The number of fused-ring (bicyclic) bond motifs is 1. The first kappa shape index (κ1) is 17.9. The van der Waals surface area contributed by atoms with Gasteiger partial charge in [-0.3, -0.25) is 0 Å². The van der Waals surface area contributed by atoms with Gasteiger partial charge in [-0.1, -0.05) is 12.1 Å². The van der Waals surface area contributed by atoms with E-state index in [4.69, 9.17) is 4.74 Å². The molecule has 8 heteroatoms. The molecule has 136 valence electrons. The summed E-state index contributed by atoms with van der Waals surface area (Å²) in [5.41, 5.74) is 0.751. The minimum atomic E-state index is -3.36. The summed E-state index contributed by atoms with van der Waals surface area (Å²) in [5.74, 6) is 0.975. The molecule has 1 aliphatic heterocycles. The fourth-order valence-electron chi connectivity index (χ4n) is 3.08. The maximum Gasteiger partial charge on any atom is 0.214 e. The lowest BCUT2D eigenvalue weighted by Gasteiger charge is -2.19. The van der Waals surface area contributed by atoms with Gasteiger partial charge in [0, 0.05) is 38.5 Å². The second kappa shape index (κ2) is 6.78. The summed E-state index contributed by atoms with van der Waals surface area (Å²) in [7, 11) is 1.25. The molecule has 7 nitrogen and oxygen atoms in total. The third-order valence-electron chi connectivity index (χ3n) is 4.60. The molecule has 0 spiro atoms. The van der Waals surface area contributed by atoms with Gasteiger partial charge in [-0.25, -0.2) is 17.7 Å². The summed E-state index contributed by atoms with van der Waals surface area (Å²) in [5, 5.41) is 11.3. The number of nitrogens with zero attached hydrogens (tertiary/aromatic N) is 3. The van der Waals surface area contributed by atoms with Gasteiger partial charge in [0.15, 0.2) is 0 Å². The number of methoxy groups -OCH3 is 1. The number of anilines is 1. The monoisotopic (exact) mass is 365 g/mol. The van der Waals surface area contributed by atoms with E-state index in [2.05, 4.69) is 4.98 Å². The van der Waals surface area contributed by atoms with E-state index in [-0.39, 0.29) is 11.7 Å². The zero-order valence-corrected chi connectivity index (χ0v) is 15.4. The van der Waals surface area contributed by atoms with Gasteiger partial charge in [0.05, 0.1) is 19.0 Å². The Bertz CT molecular complexity index is 869. The molecule has 1 N–H and O–H groups in total. The normalized spacial score (nSPS) is 21.2. The number of sulfonamides is 1. The zero-order chi connectivity index (χ0) is 18.2. The van der Waals surface area contributed by atoms with Gasteiger partial charge >= 0.3 is 0 Å². The molecule has 1 aromatic heterocycles. The van der Waals surface area contributed by atoms with Crippen LogP contribution in [0.3, 0.4) is 0 Å². The first-order valence-corrected chi connectivity index (χ1v) is 9.69. The molecule has 3 rings (SSSR count). The summed E-state index contributed by atoms with van der Waals surface area (Å²) >= 11 is 0. The molecule has 0 bridgehead atoms. The summed E-state index contributed by atoms with van der Waals surface area (Å²) in [4.78, 5) is 6.58. The minimum Gasteiger partial charge on any atom is -0.494 e. The van der Waals surface area contributed by atoms with E-state index in [9.17, 15) is 13.5 Å². The van der Waals surface area contributed by atoms with Crippen molar-refractivity contribution in [3.8, 4) is 5.75 Å². The van der Waals surface area contributed by atoms with Gasteiger partial charge in [-0.2, -0.15) is 0 Å². The molecule has 0 amide bonds. The van der Waals surface area contributed by atoms with E-state index >= 15 is 0 Å². The van der Waals surface area contributed by atoms with Crippen molar-refractivity contribution >= 4 is 26.7 Å². The molecule has 1 aromatic carbocycles. The Hall–Kier alpha value is -1.90. The third kappa shape index (κ3) is 3.56. The van der Waals surface area contributed by atoms with Crippen molar-refractivity contribution in [2.45, 2.75) is 6.10 Å². The van der Waals surface area contributed by atoms with Gasteiger partial charge in [-0.15, -0.1) is 0 Å². The van der Waals surface area contributed by atoms with Crippen LogP contribution in [0.15, 0.2) is 30.3 Å². The highest BCUT2D eigenvalue weighted by molar-refractivity contribution is 7.89. The van der Waals surface area contributed by atoms with Crippen LogP contribution in [0.2, 0.25) is 0 Å². The van der Waals surface area contributed by atoms with Crippen LogP contribution in [-0.4, -0.2) is 69.0 Å². The molecule has 25 heavy (non-hydrogen) atoms. The second-order valence-corrected chi connectivity index (χ2v) is 8.72. The first-order valence-electron chi connectivity index (χ1n) is 8.09. The van der Waals surface area contributed by atoms with Crippen LogP contribution < -0.4 is 9.64 Å². The number of aliphatic hydroxyl groups is 1. The second-order valence-electron chi connectivity index (χ2n) is 6.49. The lowest BCUT2D eigenvalue weighted by Crippen LogP contribution is -2.33. The Morgan fingerprint density at radius 2 is 2.04 bits per heavy atom. The Balaban J connectivity index is 1.85. The highest BCUT2D eigenvalue weighted by Crippen LogP contribution is 2.29. The number of rotatable bonds is 5. The Morgan fingerprint density at radius 1 is 1.28 bits per heavy atom. The van der Waals surface area contributed by atoms with Crippen LogP contribution in [0.25, 0.3) is 10.9 Å². The van der Waals surface area contributed by atoms with Gasteiger partial charge in [-0.05, 0) is 18.2 Å². The van der Waals surface area contributed by atoms with E-state index in [1.807, 2.05) is 35.2 Å². The predicted molar refractivity (Wildman–Crippen MR) is 97.5 cm³/mol. The van der Waals surface area contributed by atoms with Crippen molar-refractivity contribution in [3.05, 3.63) is 30.3 Å². The largest absolute Gasteiger partial charge is 0.494 e. The number of aliphatic hydroxyl groups excluding tert-OH is 1. The molecule has 2 atom stereocenters. The molecule has 2 heterocycles. The topological polar surface area (TPSA) is 83.0 Å². The van der Waals surface area contributed by atoms with Gasteiger partial charge in [0.25, 0.3) is 0 Å². The number of pyridine rings is 1. The van der Waals surface area contributed by atoms with Crippen molar-refractivity contribution in [1.29, 1.82) is 0 Å². The summed E-state index contributed by atoms with van der Waals surface area (Å²) in [6.07, 6.45) is -0.704. The number of hydrogen-bond donors (Lipinski definition) is 1. The Morgan fingerprint density at radius 3 is 2.72 bits per heavy atom. The maximum atomic E-state index is 12.1. The SMILES string of the molecule is COc1cccc2ccc(N3C[C@@H](CS(=O)(=O)N(C)C)[C@@H](O)C3)nc12. The number of β-amino-alcohol motifs (C(OH)–C–C–N with tert-alkyl or cyclic N) is 1. The lowest BCUT2D eigenvalue weighted by atomic mass is 10.1. The number of benzene rings is 1. The first-order chi connectivity index (χ1) is 11.8. The average molecular weight is 365 g/mol. The highest BCUT2D eigenvalue weighted by Gasteiger charge is 2.36. The fourth-order valence-corrected chi connectivity index (χ4v) is 4.24. The van der Waals surface area contributed by atoms with E-state index < -0.39 is 16.1 Å². The average Bonchev–Trinajstić information content (AvgIpc) is 2.93. The highest BCUT2D eigenvalue weighted by atomic mass is 32.2. The Kier molecular flexibility index (Phi) is 4.86. The molecule has 0 saturated carbocycles. The van der Waals surface area contributed by atoms with E-state index in [0.29, 0.717) is 24.7 Å². The van der Waals surface area contributed by atoms with Crippen LogP contribution in [0.4, 0.5) is 5.82 Å². The summed E-state index contributed by atoms with van der Waals surface area (Å²) < 4.78 is 30.8. The van der Waals surface area contributed by atoms with Crippen molar-refractivity contribution < 1.29 is 18.3 Å². The number of para-hydroxylation sites is 1. The van der Waals surface area contributed by atoms with Gasteiger partial charge in [0.1, 0.15) is 17.1 Å². The standard InChI is InChI=1S/C17H23N3O4S/c1-19(2)25(22,23)11-13-9-20(10-14(13)21)16-8-7-12-5-4-6-15(24-3)17(12)18-16/h4-8,13-14,21H,9-11H2,1-3H3/t13-,14-/m0/s1. The summed E-state index contributed by atoms with van der Waals surface area (Å²) in [6, 6.07) is 9.56. The van der Waals surface area contributed by atoms with Crippen molar-refractivity contribution in [2.24, 2.45) is 5.92 Å². The van der Waals surface area contributed by atoms with Crippen LogP contribution in [-0.2, 0) is 10.0 Å². The van der Waals surface area contributed by atoms with E-state index in [1.54, 1.807) is 7.11 Å². The van der Waals surface area contributed by atoms with Crippen molar-refractivity contribution in [1.82, 2.24) is 9.29 Å². The van der Waals surface area contributed by atoms with Crippen molar-refractivity contribution in [2.75, 3.05) is 44.9 Å². The van der Waals surface area contributed by atoms with E-state index in [0.717, 1.165) is 10.9 Å². The van der Waals surface area contributed by atoms with Crippen LogP contribution in [0.5, 0.6) is 5.75 Å². The number of aromatic nitrogens is 1.